The number of rotatable bonds is 10. The molecule has 0 fully saturated rings. The van der Waals surface area contributed by atoms with E-state index in [9.17, 15) is 9.59 Å². The normalized spacial score (nSPS) is 12.5. The number of carbonyl (C=O) groups excluding carboxylic acids is 2. The topological polar surface area (TPSA) is 105 Å². The number of amides is 2. The summed E-state index contributed by atoms with van der Waals surface area (Å²) < 4.78 is 2.01. The van der Waals surface area contributed by atoms with Gasteiger partial charge in [-0.15, -0.1) is 0 Å². The Balaban J connectivity index is 2.09. The van der Waals surface area contributed by atoms with Crippen LogP contribution in [-0.2, 0) is 16.1 Å². The zero-order valence-corrected chi connectivity index (χ0v) is 17.2. The molecule has 28 heavy (non-hydrogen) atoms. The van der Waals surface area contributed by atoms with E-state index in [4.69, 9.17) is 5.73 Å². The predicted molar refractivity (Wildman–Crippen MR) is 112 cm³/mol. The molecule has 1 heterocycles. The summed E-state index contributed by atoms with van der Waals surface area (Å²) in [6, 6.07) is 7.15. The number of nitrogens with two attached hydrogens (primary N) is 1. The van der Waals surface area contributed by atoms with Gasteiger partial charge in [-0.25, -0.2) is 4.98 Å². The number of carbonyl (C=O) groups is 2. The predicted octanol–water partition coefficient (Wildman–Crippen LogP) is 1.42. The molecular formula is C20H32N6O2. The number of nitrogens with zero attached hydrogens (tertiary/aromatic N) is 3. The largest absolute Gasteiger partial charge is 0.346 e. The highest BCUT2D eigenvalue weighted by molar-refractivity contribution is 5.95. The summed E-state index contributed by atoms with van der Waals surface area (Å²) in [6.45, 7) is 11.3. The van der Waals surface area contributed by atoms with Crippen molar-refractivity contribution in [2.75, 3.05) is 31.5 Å². The molecule has 154 valence electrons. The first-order valence-electron chi connectivity index (χ1n) is 9.88. The summed E-state index contributed by atoms with van der Waals surface area (Å²) in [5.41, 5.74) is 7.59. The smallest absolute Gasteiger partial charge is 0.246 e. The molecule has 0 saturated carbocycles. The van der Waals surface area contributed by atoms with Gasteiger partial charge in [0.2, 0.25) is 17.8 Å². The minimum atomic E-state index is -0.633. The maximum atomic E-state index is 12.4. The molecule has 8 nitrogen and oxygen atoms in total. The van der Waals surface area contributed by atoms with E-state index in [2.05, 4.69) is 34.4 Å². The number of likely N-dealkylation sites (N-methyl/N-ethyl adjacent to an activating group) is 1. The van der Waals surface area contributed by atoms with E-state index < -0.39 is 6.04 Å². The SMILES string of the molecule is CCN(CC)CCn1c(NC(=O)CNC(=O)[C@@H](N)C(C)C)nc2ccccc21. The molecule has 0 bridgehead atoms. The first-order chi connectivity index (χ1) is 13.4. The first-order valence-corrected chi connectivity index (χ1v) is 9.88. The van der Waals surface area contributed by atoms with Crippen molar-refractivity contribution in [3.63, 3.8) is 0 Å². The van der Waals surface area contributed by atoms with E-state index >= 15 is 0 Å². The molecule has 2 amide bonds. The van der Waals surface area contributed by atoms with E-state index in [0.717, 1.165) is 30.7 Å². The van der Waals surface area contributed by atoms with Crippen LogP contribution < -0.4 is 16.4 Å². The zero-order chi connectivity index (χ0) is 20.7. The number of aromatic nitrogens is 2. The second kappa shape index (κ2) is 10.2. The molecule has 2 rings (SSSR count). The van der Waals surface area contributed by atoms with Gasteiger partial charge in [0, 0.05) is 13.1 Å². The fourth-order valence-electron chi connectivity index (χ4n) is 2.94. The molecule has 0 unspecified atom stereocenters. The fourth-order valence-corrected chi connectivity index (χ4v) is 2.94. The maximum Gasteiger partial charge on any atom is 0.246 e. The lowest BCUT2D eigenvalue weighted by Crippen LogP contribution is -2.46. The maximum absolute atomic E-state index is 12.4. The third kappa shape index (κ3) is 5.53. The number of fused-ring (bicyclic) bond motifs is 1. The van der Waals surface area contributed by atoms with Crippen molar-refractivity contribution >= 4 is 28.8 Å². The molecular weight excluding hydrogens is 356 g/mol. The van der Waals surface area contributed by atoms with Crippen molar-refractivity contribution in [2.24, 2.45) is 11.7 Å². The molecule has 0 aliphatic carbocycles. The van der Waals surface area contributed by atoms with Gasteiger partial charge in [0.15, 0.2) is 0 Å². The molecule has 4 N–H and O–H groups in total. The average Bonchev–Trinajstić information content (AvgIpc) is 3.03. The summed E-state index contributed by atoms with van der Waals surface area (Å²) in [7, 11) is 0. The van der Waals surface area contributed by atoms with Crippen LogP contribution in [-0.4, -0.2) is 58.5 Å². The lowest BCUT2D eigenvalue weighted by Gasteiger charge is -2.19. The number of nitrogens with one attached hydrogen (secondary N) is 2. The van der Waals surface area contributed by atoms with E-state index in [1.807, 2.05) is 42.7 Å². The molecule has 8 heteroatoms. The Morgan fingerprint density at radius 2 is 1.89 bits per heavy atom. The van der Waals surface area contributed by atoms with Gasteiger partial charge in [-0.3, -0.25) is 14.9 Å². The van der Waals surface area contributed by atoms with Crippen LogP contribution in [0.15, 0.2) is 24.3 Å². The Hall–Kier alpha value is -2.45. The fraction of sp³-hybridized carbons (Fsp3) is 0.550. The Bertz CT molecular complexity index is 797. The Morgan fingerprint density at radius 3 is 2.54 bits per heavy atom. The second-order valence-corrected chi connectivity index (χ2v) is 7.14. The first kappa shape index (κ1) is 21.8. The van der Waals surface area contributed by atoms with Crippen molar-refractivity contribution in [3.05, 3.63) is 24.3 Å². The average molecular weight is 389 g/mol. The summed E-state index contributed by atoms with van der Waals surface area (Å²) in [4.78, 5) is 31.2. The Labute approximate surface area is 166 Å². The highest BCUT2D eigenvalue weighted by Gasteiger charge is 2.19. The monoisotopic (exact) mass is 388 g/mol. The van der Waals surface area contributed by atoms with Crippen LogP contribution in [0.3, 0.4) is 0 Å². The molecule has 0 aliphatic heterocycles. The van der Waals surface area contributed by atoms with E-state index in [1.54, 1.807) is 0 Å². The van der Waals surface area contributed by atoms with Gasteiger partial charge >= 0.3 is 0 Å². The van der Waals surface area contributed by atoms with Gasteiger partial charge < -0.3 is 20.5 Å². The standard InChI is InChI=1S/C20H32N6O2/c1-5-25(6-2)11-12-26-16-10-8-7-9-15(16)23-20(26)24-17(27)13-22-19(28)18(21)14(3)4/h7-10,14,18H,5-6,11-13,21H2,1-4H3,(H,22,28)(H,23,24,27)/t18-/m0/s1. The van der Waals surface area contributed by atoms with Crippen LogP contribution in [0.25, 0.3) is 11.0 Å². The minimum absolute atomic E-state index is 0.00679. The van der Waals surface area contributed by atoms with Crippen molar-refractivity contribution < 1.29 is 9.59 Å². The minimum Gasteiger partial charge on any atom is -0.346 e. The number of hydrogen-bond acceptors (Lipinski definition) is 5. The second-order valence-electron chi connectivity index (χ2n) is 7.14. The highest BCUT2D eigenvalue weighted by Crippen LogP contribution is 2.19. The van der Waals surface area contributed by atoms with Crippen LogP contribution in [0.1, 0.15) is 27.7 Å². The van der Waals surface area contributed by atoms with Crippen LogP contribution in [0, 0.1) is 5.92 Å². The summed E-state index contributed by atoms with van der Waals surface area (Å²) in [5, 5.41) is 5.41. The van der Waals surface area contributed by atoms with Crippen molar-refractivity contribution in [1.82, 2.24) is 19.8 Å². The molecule has 1 aromatic heterocycles. The zero-order valence-electron chi connectivity index (χ0n) is 17.2. The molecule has 2 aromatic rings. The molecule has 0 spiro atoms. The molecule has 0 radical (unpaired) electrons. The number of para-hydroxylation sites is 2. The van der Waals surface area contributed by atoms with Crippen LogP contribution >= 0.6 is 0 Å². The number of anilines is 1. The van der Waals surface area contributed by atoms with Crippen LogP contribution in [0.2, 0.25) is 0 Å². The lowest BCUT2D eigenvalue weighted by molar-refractivity contribution is -0.125. The van der Waals surface area contributed by atoms with Gasteiger partial charge in [0.05, 0.1) is 23.6 Å². The molecule has 0 saturated heterocycles. The number of benzene rings is 1. The lowest BCUT2D eigenvalue weighted by atomic mass is 10.1. The molecule has 1 aromatic carbocycles. The van der Waals surface area contributed by atoms with Crippen molar-refractivity contribution in [2.45, 2.75) is 40.3 Å². The summed E-state index contributed by atoms with van der Waals surface area (Å²) >= 11 is 0. The van der Waals surface area contributed by atoms with Gasteiger partial charge in [-0.05, 0) is 31.1 Å². The Kier molecular flexibility index (Phi) is 7.95. The van der Waals surface area contributed by atoms with E-state index in [1.165, 1.54) is 0 Å². The van der Waals surface area contributed by atoms with Crippen molar-refractivity contribution in [1.29, 1.82) is 0 Å². The van der Waals surface area contributed by atoms with Gasteiger partial charge in [0.25, 0.3) is 0 Å². The number of hydrogen-bond donors (Lipinski definition) is 3. The van der Waals surface area contributed by atoms with Crippen LogP contribution in [0.5, 0.6) is 0 Å². The third-order valence-corrected chi connectivity index (χ3v) is 4.88. The number of imidazole rings is 1. The molecule has 0 aliphatic rings. The quantitative estimate of drug-likeness (QED) is 0.571. The third-order valence-electron chi connectivity index (χ3n) is 4.88. The Morgan fingerprint density at radius 1 is 1.21 bits per heavy atom. The van der Waals surface area contributed by atoms with Crippen LogP contribution in [0.4, 0.5) is 5.95 Å². The van der Waals surface area contributed by atoms with Gasteiger partial charge in [-0.1, -0.05) is 39.8 Å². The summed E-state index contributed by atoms with van der Waals surface area (Å²) in [5.74, 6) is -0.169. The van der Waals surface area contributed by atoms with E-state index in [0.29, 0.717) is 12.5 Å². The van der Waals surface area contributed by atoms with Gasteiger partial charge in [-0.2, -0.15) is 0 Å². The highest BCUT2D eigenvalue weighted by atomic mass is 16.2. The van der Waals surface area contributed by atoms with E-state index in [-0.39, 0.29) is 24.3 Å². The van der Waals surface area contributed by atoms with Crippen molar-refractivity contribution in [3.8, 4) is 0 Å². The molecule has 1 atom stereocenters. The summed E-state index contributed by atoms with van der Waals surface area (Å²) in [6.07, 6.45) is 0. The van der Waals surface area contributed by atoms with Gasteiger partial charge in [0.1, 0.15) is 0 Å².